The number of nitrogens with two attached hydrogens (primary N) is 1. The molecule has 1 aliphatic heterocycles. The van der Waals surface area contributed by atoms with E-state index in [0.717, 1.165) is 5.56 Å². The maximum atomic E-state index is 15.7. The minimum absolute atomic E-state index is 0.161. The number of aryl methyl sites for hydroxylation is 1. The van der Waals surface area contributed by atoms with Crippen LogP contribution in [0.5, 0.6) is 0 Å². The molecule has 3 nitrogen and oxygen atoms in total. The fourth-order valence-electron chi connectivity index (χ4n) is 3.76. The summed E-state index contributed by atoms with van der Waals surface area (Å²) < 4.78 is 36.6. The van der Waals surface area contributed by atoms with Crippen molar-refractivity contribution < 1.29 is 13.5 Å². The van der Waals surface area contributed by atoms with Crippen LogP contribution in [0.25, 0.3) is 0 Å². The molecular weight excluding hydrogens is 369 g/mol. The highest BCUT2D eigenvalue weighted by molar-refractivity contribution is 6.34. The van der Waals surface area contributed by atoms with Crippen molar-refractivity contribution in [3.63, 3.8) is 0 Å². The molecule has 0 fully saturated rings. The molecule has 0 aromatic heterocycles. The number of benzene rings is 2. The van der Waals surface area contributed by atoms with Crippen molar-refractivity contribution in [2.75, 3.05) is 0 Å². The molecule has 4 rings (SSSR count). The van der Waals surface area contributed by atoms with Crippen molar-refractivity contribution in [1.82, 2.24) is 0 Å². The summed E-state index contributed by atoms with van der Waals surface area (Å²) in [5, 5.41) is 0.507. The average Bonchev–Trinajstić information content (AvgIpc) is 2.91. The van der Waals surface area contributed by atoms with E-state index in [4.69, 9.17) is 33.7 Å². The Morgan fingerprint density at radius 1 is 1.12 bits per heavy atom. The minimum Gasteiger partial charge on any atom is -0.451 e. The van der Waals surface area contributed by atoms with Crippen LogP contribution in [0.3, 0.4) is 0 Å². The van der Waals surface area contributed by atoms with Gasteiger partial charge >= 0.3 is 5.92 Å². The number of hydrogen-bond acceptors (Lipinski definition) is 3. The molecule has 0 radical (unpaired) electrons. The summed E-state index contributed by atoms with van der Waals surface area (Å²) >= 11 is 12.0. The Balaban J connectivity index is 1.90. The molecule has 2 aromatic carbocycles. The van der Waals surface area contributed by atoms with Gasteiger partial charge < -0.3 is 10.5 Å². The number of aliphatic imine (C=N–C) groups is 1. The van der Waals surface area contributed by atoms with Crippen LogP contribution >= 0.6 is 23.2 Å². The van der Waals surface area contributed by atoms with Crippen molar-refractivity contribution in [1.29, 1.82) is 0 Å². The van der Waals surface area contributed by atoms with E-state index >= 15 is 8.78 Å². The van der Waals surface area contributed by atoms with E-state index in [1.165, 1.54) is 18.2 Å². The Morgan fingerprint density at radius 2 is 1.80 bits per heavy atom. The number of amidine groups is 1. The van der Waals surface area contributed by atoms with Crippen LogP contribution in [0.1, 0.15) is 29.2 Å². The van der Waals surface area contributed by atoms with E-state index in [0.29, 0.717) is 12.0 Å². The lowest BCUT2D eigenvalue weighted by molar-refractivity contribution is -0.171. The molecule has 2 N–H and O–H groups in total. The van der Waals surface area contributed by atoms with E-state index in [1.54, 1.807) is 12.1 Å². The van der Waals surface area contributed by atoms with Gasteiger partial charge in [-0.1, -0.05) is 47.5 Å². The first-order valence-corrected chi connectivity index (χ1v) is 8.53. The topological polar surface area (TPSA) is 47.6 Å². The molecule has 0 saturated heterocycles. The molecule has 7 heteroatoms. The number of halogens is 4. The third-order valence-corrected chi connectivity index (χ3v) is 5.26. The van der Waals surface area contributed by atoms with Crippen LogP contribution in [-0.4, -0.2) is 11.9 Å². The van der Waals surface area contributed by atoms with Crippen LogP contribution in [0, 0.1) is 0 Å². The van der Waals surface area contributed by atoms with Gasteiger partial charge in [-0.2, -0.15) is 8.78 Å². The maximum absolute atomic E-state index is 15.7. The first-order chi connectivity index (χ1) is 11.8. The zero-order valence-electron chi connectivity index (χ0n) is 13.0. The van der Waals surface area contributed by atoms with E-state index in [-0.39, 0.29) is 28.1 Å². The highest BCUT2D eigenvalue weighted by atomic mass is 35.5. The lowest BCUT2D eigenvalue weighted by Crippen LogP contribution is -2.53. The van der Waals surface area contributed by atoms with Crippen molar-refractivity contribution in [2.24, 2.45) is 10.7 Å². The van der Waals surface area contributed by atoms with Crippen LogP contribution < -0.4 is 5.73 Å². The summed E-state index contributed by atoms with van der Waals surface area (Å²) in [7, 11) is 0. The first kappa shape index (κ1) is 16.6. The maximum Gasteiger partial charge on any atom is 0.317 e. The molecule has 1 aliphatic carbocycles. The van der Waals surface area contributed by atoms with Crippen LogP contribution in [0.4, 0.5) is 8.78 Å². The predicted octanol–water partition coefficient (Wildman–Crippen LogP) is 4.86. The van der Waals surface area contributed by atoms with Gasteiger partial charge in [0.1, 0.15) is 0 Å². The van der Waals surface area contributed by atoms with Gasteiger partial charge in [0.05, 0.1) is 0 Å². The van der Waals surface area contributed by atoms with Gasteiger partial charge in [0, 0.05) is 15.6 Å². The van der Waals surface area contributed by atoms with Crippen molar-refractivity contribution in [3.8, 4) is 0 Å². The smallest absolute Gasteiger partial charge is 0.317 e. The van der Waals surface area contributed by atoms with Crippen LogP contribution in [0.2, 0.25) is 10.0 Å². The van der Waals surface area contributed by atoms with Crippen molar-refractivity contribution in [2.45, 2.75) is 30.4 Å². The SMILES string of the molecule is NC1=N[C@@]2(CCc3ccccc32)C(F)(F)C(c2cc(Cl)cc(Cl)c2)O1. The molecule has 25 heavy (non-hydrogen) atoms. The molecule has 1 spiro atoms. The Bertz CT molecular complexity index is 867. The van der Waals surface area contributed by atoms with E-state index in [2.05, 4.69) is 4.99 Å². The Hall–Kier alpha value is -1.85. The zero-order chi connectivity index (χ0) is 17.8. The second-order valence-electron chi connectivity index (χ2n) is 6.29. The fourth-order valence-corrected chi connectivity index (χ4v) is 4.30. The number of alkyl halides is 2. The normalized spacial score (nSPS) is 26.9. The molecule has 130 valence electrons. The summed E-state index contributed by atoms with van der Waals surface area (Å²) in [5.74, 6) is -3.32. The van der Waals surface area contributed by atoms with Gasteiger partial charge in [0.15, 0.2) is 11.6 Å². The fraction of sp³-hybridized carbons (Fsp3) is 0.278. The largest absolute Gasteiger partial charge is 0.451 e. The van der Waals surface area contributed by atoms with Crippen LogP contribution in [-0.2, 0) is 16.7 Å². The van der Waals surface area contributed by atoms with E-state index in [1.807, 2.05) is 12.1 Å². The Morgan fingerprint density at radius 3 is 2.52 bits per heavy atom. The molecule has 2 aliphatic rings. The summed E-state index contributed by atoms with van der Waals surface area (Å²) in [6, 6.07) is 11.1. The van der Waals surface area contributed by atoms with Crippen LogP contribution in [0.15, 0.2) is 47.5 Å². The minimum atomic E-state index is -3.32. The van der Waals surface area contributed by atoms with E-state index in [9.17, 15) is 0 Å². The molecular formula is C18H14Cl2F2N2O. The number of fused-ring (bicyclic) bond motifs is 2. The number of ether oxygens (including phenoxy) is 1. The molecule has 2 atom stereocenters. The standard InChI is InChI=1S/C18H14Cl2F2N2O/c19-12-7-11(8-13(20)9-12)15-18(21,22)17(24-16(23)25-15)6-5-10-3-1-2-4-14(10)17/h1-4,7-9,15H,5-6H2,(H2,23,24)/t15?,17-/m1/s1. The molecule has 2 aromatic rings. The molecule has 0 saturated carbocycles. The average molecular weight is 383 g/mol. The van der Waals surface area contributed by atoms with Crippen molar-refractivity contribution >= 4 is 29.2 Å². The summed E-state index contributed by atoms with van der Waals surface area (Å²) in [5.41, 5.74) is 5.57. The lowest BCUT2D eigenvalue weighted by Gasteiger charge is -2.42. The number of rotatable bonds is 1. The van der Waals surface area contributed by atoms with Gasteiger partial charge in [0.25, 0.3) is 6.02 Å². The third kappa shape index (κ3) is 2.41. The lowest BCUT2D eigenvalue weighted by atomic mass is 9.80. The van der Waals surface area contributed by atoms with Gasteiger partial charge in [0.2, 0.25) is 0 Å². The molecule has 0 bridgehead atoms. The highest BCUT2D eigenvalue weighted by Gasteiger charge is 2.65. The summed E-state index contributed by atoms with van der Waals surface area (Å²) in [4.78, 5) is 4.08. The van der Waals surface area contributed by atoms with Gasteiger partial charge in [-0.15, -0.1) is 0 Å². The van der Waals surface area contributed by atoms with Crippen molar-refractivity contribution in [3.05, 3.63) is 69.2 Å². The zero-order valence-corrected chi connectivity index (χ0v) is 14.5. The third-order valence-electron chi connectivity index (χ3n) is 4.83. The quantitative estimate of drug-likeness (QED) is 0.765. The monoisotopic (exact) mass is 382 g/mol. The van der Waals surface area contributed by atoms with Gasteiger partial charge in [-0.05, 0) is 42.2 Å². The second kappa shape index (κ2) is 5.58. The molecule has 1 heterocycles. The number of hydrogen-bond donors (Lipinski definition) is 1. The summed E-state index contributed by atoms with van der Waals surface area (Å²) in [6.45, 7) is 0. The predicted molar refractivity (Wildman–Crippen MR) is 93.3 cm³/mol. The summed E-state index contributed by atoms with van der Waals surface area (Å²) in [6.07, 6.45) is -0.952. The molecule has 1 unspecified atom stereocenters. The van der Waals surface area contributed by atoms with Gasteiger partial charge in [-0.25, -0.2) is 4.99 Å². The highest BCUT2D eigenvalue weighted by Crippen LogP contribution is 2.57. The Labute approximate surface area is 153 Å². The number of nitrogens with zero attached hydrogens (tertiary/aromatic N) is 1. The molecule has 0 amide bonds. The van der Waals surface area contributed by atoms with Gasteiger partial charge in [-0.3, -0.25) is 0 Å². The first-order valence-electron chi connectivity index (χ1n) is 7.78. The Kier molecular flexibility index (Phi) is 3.71. The second-order valence-corrected chi connectivity index (χ2v) is 7.16. The van der Waals surface area contributed by atoms with E-state index < -0.39 is 17.6 Å².